The van der Waals surface area contributed by atoms with Crippen LogP contribution in [0.2, 0.25) is 0 Å². The molecule has 170 valence electrons. The van der Waals surface area contributed by atoms with Gasteiger partial charge < -0.3 is 14.5 Å². The number of rotatable bonds is 5. The first-order valence-corrected chi connectivity index (χ1v) is 11.5. The number of benzene rings is 2. The molecule has 0 bridgehead atoms. The Bertz CT molecular complexity index is 1500. The van der Waals surface area contributed by atoms with Crippen molar-refractivity contribution < 1.29 is 4.39 Å². The Hall–Kier alpha value is -4.00. The Morgan fingerprint density at radius 1 is 1.06 bits per heavy atom. The van der Waals surface area contributed by atoms with Crippen molar-refractivity contribution in [2.24, 2.45) is 0 Å². The summed E-state index contributed by atoms with van der Waals surface area (Å²) in [5.74, 6) is 1.33. The number of aromatic nitrogens is 5. The Morgan fingerprint density at radius 2 is 1.91 bits per heavy atom. The van der Waals surface area contributed by atoms with Crippen molar-refractivity contribution in [1.82, 2.24) is 24.1 Å². The van der Waals surface area contributed by atoms with Crippen LogP contribution in [0.15, 0.2) is 67.0 Å². The Morgan fingerprint density at radius 3 is 2.74 bits per heavy atom. The van der Waals surface area contributed by atoms with E-state index in [-0.39, 0.29) is 11.9 Å². The summed E-state index contributed by atoms with van der Waals surface area (Å²) >= 11 is 0. The lowest BCUT2D eigenvalue weighted by molar-refractivity contribution is 0.459. The number of fused-ring (bicyclic) bond motifs is 2. The first-order valence-electron chi connectivity index (χ1n) is 11.5. The molecule has 5 aromatic rings. The molecule has 0 aliphatic carbocycles. The van der Waals surface area contributed by atoms with Gasteiger partial charge in [-0.1, -0.05) is 12.1 Å². The minimum atomic E-state index is -0.260. The molecule has 3 aromatic heterocycles. The predicted molar refractivity (Wildman–Crippen MR) is 132 cm³/mol. The molecular weight excluding hydrogens is 427 g/mol. The van der Waals surface area contributed by atoms with Crippen LogP contribution >= 0.6 is 0 Å². The molecule has 34 heavy (non-hydrogen) atoms. The van der Waals surface area contributed by atoms with E-state index in [0.717, 1.165) is 47.9 Å². The summed E-state index contributed by atoms with van der Waals surface area (Å²) in [4.78, 5) is 14.1. The van der Waals surface area contributed by atoms with Crippen molar-refractivity contribution in [3.05, 3.63) is 84.2 Å². The SMILES string of the molecule is CNc1nccc(-c2c(-c3ccc(F)cc3)nc3n2C(Cn2ccc4ccc(C)cc42)CC3)n1. The smallest absolute Gasteiger partial charge is 0.222 e. The zero-order chi connectivity index (χ0) is 23.2. The molecule has 7 heteroatoms. The van der Waals surface area contributed by atoms with Gasteiger partial charge in [0.2, 0.25) is 5.95 Å². The fourth-order valence-corrected chi connectivity index (χ4v) is 4.99. The van der Waals surface area contributed by atoms with Crippen LogP contribution in [-0.4, -0.2) is 31.1 Å². The van der Waals surface area contributed by atoms with Crippen molar-refractivity contribution >= 4 is 16.9 Å². The van der Waals surface area contributed by atoms with Crippen LogP contribution in [0.25, 0.3) is 33.5 Å². The Kier molecular flexibility index (Phi) is 4.90. The zero-order valence-corrected chi connectivity index (χ0v) is 19.2. The highest BCUT2D eigenvalue weighted by molar-refractivity contribution is 5.81. The highest BCUT2D eigenvalue weighted by Gasteiger charge is 2.31. The van der Waals surface area contributed by atoms with Crippen LogP contribution in [0.3, 0.4) is 0 Å². The van der Waals surface area contributed by atoms with Crippen molar-refractivity contribution in [3.63, 3.8) is 0 Å². The number of halogens is 1. The van der Waals surface area contributed by atoms with Crippen molar-refractivity contribution in [1.29, 1.82) is 0 Å². The maximum Gasteiger partial charge on any atom is 0.222 e. The quantitative estimate of drug-likeness (QED) is 0.375. The molecule has 0 saturated carbocycles. The number of aryl methyl sites for hydroxylation is 2. The topological polar surface area (TPSA) is 60.6 Å². The molecule has 6 nitrogen and oxygen atoms in total. The van der Waals surface area contributed by atoms with E-state index in [2.05, 4.69) is 56.8 Å². The Labute approximate surface area is 197 Å². The van der Waals surface area contributed by atoms with E-state index in [1.54, 1.807) is 18.3 Å². The van der Waals surface area contributed by atoms with Gasteiger partial charge in [0, 0.05) is 43.5 Å². The molecule has 2 aromatic carbocycles. The number of nitrogens with one attached hydrogen (secondary N) is 1. The Balaban J connectivity index is 1.49. The summed E-state index contributed by atoms with van der Waals surface area (Å²) in [7, 11) is 1.81. The minimum Gasteiger partial charge on any atom is -0.357 e. The van der Waals surface area contributed by atoms with Gasteiger partial charge in [-0.25, -0.2) is 19.3 Å². The number of hydrogen-bond donors (Lipinski definition) is 1. The highest BCUT2D eigenvalue weighted by Crippen LogP contribution is 2.40. The van der Waals surface area contributed by atoms with Crippen LogP contribution < -0.4 is 5.32 Å². The van der Waals surface area contributed by atoms with Gasteiger partial charge in [-0.2, -0.15) is 0 Å². The molecule has 1 aliphatic rings. The van der Waals surface area contributed by atoms with Gasteiger partial charge in [-0.3, -0.25) is 0 Å². The zero-order valence-electron chi connectivity index (χ0n) is 19.2. The molecule has 0 fully saturated rings. The summed E-state index contributed by atoms with van der Waals surface area (Å²) in [6.07, 6.45) is 5.83. The second kappa shape index (κ2) is 8.09. The summed E-state index contributed by atoms with van der Waals surface area (Å²) in [5, 5.41) is 4.28. The third-order valence-electron chi connectivity index (χ3n) is 6.63. The molecule has 0 radical (unpaired) electrons. The molecule has 0 spiro atoms. The minimum absolute atomic E-state index is 0.232. The molecule has 1 atom stereocenters. The van der Waals surface area contributed by atoms with Gasteiger partial charge in [-0.05, 0) is 66.8 Å². The molecule has 1 aliphatic heterocycles. The summed E-state index contributed by atoms with van der Waals surface area (Å²) < 4.78 is 18.3. The first-order chi connectivity index (χ1) is 16.6. The van der Waals surface area contributed by atoms with Gasteiger partial charge in [0.25, 0.3) is 0 Å². The molecule has 0 saturated heterocycles. The third kappa shape index (κ3) is 3.44. The lowest BCUT2D eigenvalue weighted by Crippen LogP contribution is -2.13. The van der Waals surface area contributed by atoms with Crippen LogP contribution in [0.1, 0.15) is 23.9 Å². The summed E-state index contributed by atoms with van der Waals surface area (Å²) in [6.45, 7) is 2.97. The van der Waals surface area contributed by atoms with E-state index >= 15 is 0 Å². The first kappa shape index (κ1) is 20.6. The number of anilines is 1. The van der Waals surface area contributed by atoms with E-state index in [1.807, 2.05) is 13.1 Å². The van der Waals surface area contributed by atoms with E-state index in [9.17, 15) is 4.39 Å². The monoisotopic (exact) mass is 452 g/mol. The standard InChI is InChI=1S/C27H25FN6/c1-17-3-4-18-12-14-33(23(18)15-17)16-21-9-10-24-32-25(19-5-7-20(28)8-6-19)26(34(21)24)22-11-13-30-27(29-2)31-22/h3-8,11-15,21H,9-10,16H2,1-2H3,(H,29,30,31). The fourth-order valence-electron chi connectivity index (χ4n) is 4.99. The van der Waals surface area contributed by atoms with Crippen molar-refractivity contribution in [2.45, 2.75) is 32.4 Å². The third-order valence-corrected chi connectivity index (χ3v) is 6.63. The van der Waals surface area contributed by atoms with Crippen molar-refractivity contribution in [2.75, 3.05) is 12.4 Å². The predicted octanol–water partition coefficient (Wildman–Crippen LogP) is 5.64. The molecule has 1 N–H and O–H groups in total. The van der Waals surface area contributed by atoms with Crippen LogP contribution in [-0.2, 0) is 13.0 Å². The number of hydrogen-bond acceptors (Lipinski definition) is 4. The van der Waals surface area contributed by atoms with E-state index in [1.165, 1.54) is 28.6 Å². The lowest BCUT2D eigenvalue weighted by Gasteiger charge is -2.19. The summed E-state index contributed by atoms with van der Waals surface area (Å²) in [6, 6.07) is 17.4. The van der Waals surface area contributed by atoms with E-state index in [4.69, 9.17) is 9.97 Å². The summed E-state index contributed by atoms with van der Waals surface area (Å²) in [5.41, 5.74) is 5.96. The fraction of sp³-hybridized carbons (Fsp3) is 0.222. The molecule has 0 amide bonds. The molecule has 6 rings (SSSR count). The van der Waals surface area contributed by atoms with Gasteiger partial charge in [0.05, 0.1) is 23.1 Å². The molecule has 1 unspecified atom stereocenters. The van der Waals surface area contributed by atoms with Gasteiger partial charge >= 0.3 is 0 Å². The van der Waals surface area contributed by atoms with Crippen LogP contribution in [0, 0.1) is 12.7 Å². The number of nitrogens with zero attached hydrogens (tertiary/aromatic N) is 5. The van der Waals surface area contributed by atoms with Crippen LogP contribution in [0.4, 0.5) is 10.3 Å². The van der Waals surface area contributed by atoms with Crippen LogP contribution in [0.5, 0.6) is 0 Å². The molecule has 4 heterocycles. The van der Waals surface area contributed by atoms with Gasteiger partial charge in [0.1, 0.15) is 11.6 Å². The second-order valence-electron chi connectivity index (χ2n) is 8.84. The average Bonchev–Trinajstić information content (AvgIpc) is 3.54. The van der Waals surface area contributed by atoms with Gasteiger partial charge in [0.15, 0.2) is 0 Å². The van der Waals surface area contributed by atoms with E-state index in [0.29, 0.717) is 5.95 Å². The lowest BCUT2D eigenvalue weighted by atomic mass is 10.1. The maximum absolute atomic E-state index is 13.7. The van der Waals surface area contributed by atoms with Crippen molar-refractivity contribution in [3.8, 4) is 22.6 Å². The highest BCUT2D eigenvalue weighted by atomic mass is 19.1. The molecular formula is C27H25FN6. The average molecular weight is 453 g/mol. The largest absolute Gasteiger partial charge is 0.357 e. The number of imidazole rings is 1. The maximum atomic E-state index is 13.7. The second-order valence-corrected chi connectivity index (χ2v) is 8.84. The van der Waals surface area contributed by atoms with E-state index < -0.39 is 0 Å². The normalized spacial score (nSPS) is 15.1. The van der Waals surface area contributed by atoms with Gasteiger partial charge in [-0.15, -0.1) is 0 Å².